The van der Waals surface area contributed by atoms with Crippen molar-refractivity contribution in [1.82, 2.24) is 9.78 Å². The number of anilines is 1. The van der Waals surface area contributed by atoms with Crippen LogP contribution in [0.1, 0.15) is 26.4 Å². The maximum Gasteiger partial charge on any atom is 0.337 e. The van der Waals surface area contributed by atoms with Gasteiger partial charge in [0.05, 0.1) is 18.4 Å². The minimum absolute atomic E-state index is 0.149. The number of amides is 1. The Balaban J connectivity index is 1.60. The van der Waals surface area contributed by atoms with Gasteiger partial charge in [-0.25, -0.2) is 9.48 Å². The van der Waals surface area contributed by atoms with E-state index < -0.39 is 0 Å². The fraction of sp³-hybridized carbons (Fsp3) is 0.150. The van der Waals surface area contributed by atoms with Gasteiger partial charge < -0.3 is 9.64 Å². The summed E-state index contributed by atoms with van der Waals surface area (Å²) in [4.78, 5) is 26.3. The second kappa shape index (κ2) is 6.48. The van der Waals surface area contributed by atoms with Gasteiger partial charge in [-0.1, -0.05) is 18.2 Å². The van der Waals surface area contributed by atoms with Gasteiger partial charge in [-0.2, -0.15) is 5.10 Å². The van der Waals surface area contributed by atoms with E-state index in [1.807, 2.05) is 30.3 Å². The molecule has 0 N–H and O–H groups in total. The number of aromatic nitrogens is 2. The van der Waals surface area contributed by atoms with Crippen LogP contribution in [-0.4, -0.2) is 35.3 Å². The molecule has 0 bridgehead atoms. The van der Waals surface area contributed by atoms with Gasteiger partial charge in [0, 0.05) is 18.4 Å². The number of hydrogen-bond acceptors (Lipinski definition) is 4. The summed E-state index contributed by atoms with van der Waals surface area (Å²) in [7, 11) is 1.36. The van der Waals surface area contributed by atoms with Crippen LogP contribution in [-0.2, 0) is 11.2 Å². The lowest BCUT2D eigenvalue weighted by Crippen LogP contribution is -2.29. The molecular weight excluding hydrogens is 330 g/mol. The maximum absolute atomic E-state index is 12.9. The summed E-state index contributed by atoms with van der Waals surface area (Å²) in [5.74, 6) is -0.525. The molecule has 4 rings (SSSR count). The number of esters is 1. The molecule has 1 aliphatic heterocycles. The maximum atomic E-state index is 12.9. The number of carbonyl (C=O) groups excluding carboxylic acids is 2. The summed E-state index contributed by atoms with van der Waals surface area (Å²) in [5, 5.41) is 4.41. The first kappa shape index (κ1) is 16.1. The van der Waals surface area contributed by atoms with Crippen molar-refractivity contribution < 1.29 is 14.3 Å². The molecule has 1 amide bonds. The van der Waals surface area contributed by atoms with E-state index in [9.17, 15) is 9.59 Å². The lowest BCUT2D eigenvalue weighted by molar-refractivity contribution is 0.0600. The zero-order chi connectivity index (χ0) is 18.1. The average Bonchev–Trinajstić information content (AvgIpc) is 3.34. The van der Waals surface area contributed by atoms with E-state index in [0.29, 0.717) is 24.2 Å². The molecule has 0 radical (unpaired) electrons. The Morgan fingerprint density at radius 2 is 1.88 bits per heavy atom. The molecule has 0 fully saturated rings. The van der Waals surface area contributed by atoms with Crippen molar-refractivity contribution in [1.29, 1.82) is 0 Å². The minimum Gasteiger partial charge on any atom is -0.465 e. The Bertz CT molecular complexity index is 979. The highest BCUT2D eigenvalue weighted by Crippen LogP contribution is 2.30. The predicted octanol–water partition coefficient (Wildman–Crippen LogP) is 2.86. The Morgan fingerprint density at radius 3 is 2.65 bits per heavy atom. The monoisotopic (exact) mass is 347 g/mol. The largest absolute Gasteiger partial charge is 0.465 e. The molecule has 1 aromatic heterocycles. The van der Waals surface area contributed by atoms with Crippen LogP contribution in [0.2, 0.25) is 0 Å². The number of fused-ring (bicyclic) bond motifs is 1. The number of ether oxygens (including phenoxy) is 1. The van der Waals surface area contributed by atoms with Crippen LogP contribution >= 0.6 is 0 Å². The molecule has 2 aromatic carbocycles. The molecule has 2 heterocycles. The fourth-order valence-corrected chi connectivity index (χ4v) is 3.16. The van der Waals surface area contributed by atoms with Crippen LogP contribution < -0.4 is 4.90 Å². The number of hydrogen-bond donors (Lipinski definition) is 0. The van der Waals surface area contributed by atoms with Crippen molar-refractivity contribution in [3.63, 3.8) is 0 Å². The van der Waals surface area contributed by atoms with Crippen LogP contribution in [0.25, 0.3) is 5.69 Å². The van der Waals surface area contributed by atoms with E-state index in [0.717, 1.165) is 16.9 Å². The lowest BCUT2D eigenvalue weighted by atomic mass is 10.1. The first-order chi connectivity index (χ1) is 12.7. The molecule has 3 aromatic rings. The van der Waals surface area contributed by atoms with Gasteiger partial charge in [-0.05, 0) is 48.4 Å². The molecule has 26 heavy (non-hydrogen) atoms. The molecule has 0 unspecified atom stereocenters. The van der Waals surface area contributed by atoms with Crippen molar-refractivity contribution >= 4 is 17.6 Å². The van der Waals surface area contributed by atoms with Crippen LogP contribution in [0, 0.1) is 0 Å². The number of methoxy groups -OCH3 is 1. The predicted molar refractivity (Wildman–Crippen MR) is 96.7 cm³/mol. The first-order valence-corrected chi connectivity index (χ1v) is 8.31. The van der Waals surface area contributed by atoms with E-state index >= 15 is 0 Å². The average molecular weight is 347 g/mol. The van der Waals surface area contributed by atoms with E-state index in [4.69, 9.17) is 4.74 Å². The fourth-order valence-electron chi connectivity index (χ4n) is 3.16. The van der Waals surface area contributed by atoms with E-state index in [1.54, 1.807) is 40.0 Å². The highest BCUT2D eigenvalue weighted by atomic mass is 16.5. The Kier molecular flexibility index (Phi) is 4.01. The Hall–Kier alpha value is -3.41. The van der Waals surface area contributed by atoms with Gasteiger partial charge in [-0.3, -0.25) is 4.79 Å². The smallest absolute Gasteiger partial charge is 0.337 e. The highest BCUT2D eigenvalue weighted by molar-refractivity contribution is 6.06. The molecule has 6 nitrogen and oxygen atoms in total. The summed E-state index contributed by atoms with van der Waals surface area (Å²) in [5.41, 5.74) is 3.56. The van der Waals surface area contributed by atoms with Gasteiger partial charge in [-0.15, -0.1) is 0 Å². The van der Waals surface area contributed by atoms with Crippen LogP contribution in [0.4, 0.5) is 5.69 Å². The molecule has 0 spiro atoms. The lowest BCUT2D eigenvalue weighted by Gasteiger charge is -2.16. The quantitative estimate of drug-likeness (QED) is 0.684. The second-order valence-corrected chi connectivity index (χ2v) is 6.02. The number of nitrogens with zero attached hydrogens (tertiary/aromatic N) is 3. The summed E-state index contributed by atoms with van der Waals surface area (Å²) in [6.45, 7) is 0.566. The zero-order valence-corrected chi connectivity index (χ0v) is 14.3. The third kappa shape index (κ3) is 2.75. The van der Waals surface area contributed by atoms with Crippen molar-refractivity contribution in [2.24, 2.45) is 0 Å². The van der Waals surface area contributed by atoms with Crippen molar-refractivity contribution in [3.05, 3.63) is 77.6 Å². The summed E-state index contributed by atoms with van der Waals surface area (Å²) in [6, 6.07) is 16.6. The second-order valence-electron chi connectivity index (χ2n) is 6.02. The summed E-state index contributed by atoms with van der Waals surface area (Å²) < 4.78 is 6.44. The van der Waals surface area contributed by atoms with E-state index in [1.165, 1.54) is 7.11 Å². The van der Waals surface area contributed by atoms with Crippen LogP contribution in [0.3, 0.4) is 0 Å². The van der Waals surface area contributed by atoms with Gasteiger partial charge >= 0.3 is 5.97 Å². The Labute approximate surface area is 150 Å². The van der Waals surface area contributed by atoms with Crippen molar-refractivity contribution in [2.75, 3.05) is 18.6 Å². The molecule has 6 heteroatoms. The van der Waals surface area contributed by atoms with Gasteiger partial charge in [0.1, 0.15) is 0 Å². The van der Waals surface area contributed by atoms with E-state index in [-0.39, 0.29) is 11.9 Å². The normalized spacial score (nSPS) is 12.7. The number of carbonyl (C=O) groups is 2. The van der Waals surface area contributed by atoms with Gasteiger partial charge in [0.15, 0.2) is 5.69 Å². The van der Waals surface area contributed by atoms with E-state index in [2.05, 4.69) is 5.10 Å². The standard InChI is InChI=1S/C20H17N3O3/c1-26-20(25)15-7-8-18-14(13-15)9-11-22(18)19(24)17-10-12-23(21-17)16-5-3-2-4-6-16/h2-8,10,12-13H,9,11H2,1H3. The van der Waals surface area contributed by atoms with Gasteiger partial charge in [0.2, 0.25) is 0 Å². The zero-order valence-electron chi connectivity index (χ0n) is 14.3. The third-order valence-corrected chi connectivity index (χ3v) is 4.47. The summed E-state index contributed by atoms with van der Waals surface area (Å²) >= 11 is 0. The van der Waals surface area contributed by atoms with Crippen LogP contribution in [0.15, 0.2) is 60.8 Å². The molecule has 0 saturated carbocycles. The SMILES string of the molecule is COC(=O)c1ccc2c(c1)CCN2C(=O)c1ccn(-c2ccccc2)n1. The summed E-state index contributed by atoms with van der Waals surface area (Å²) in [6.07, 6.45) is 2.48. The number of benzene rings is 2. The number of rotatable bonds is 3. The highest BCUT2D eigenvalue weighted by Gasteiger charge is 2.27. The molecular formula is C20H17N3O3. The van der Waals surface area contributed by atoms with Gasteiger partial charge in [0.25, 0.3) is 5.91 Å². The molecule has 0 saturated heterocycles. The van der Waals surface area contributed by atoms with Crippen molar-refractivity contribution in [2.45, 2.75) is 6.42 Å². The number of para-hydroxylation sites is 1. The molecule has 1 aliphatic rings. The Morgan fingerprint density at radius 1 is 1.08 bits per heavy atom. The molecule has 130 valence electrons. The third-order valence-electron chi connectivity index (χ3n) is 4.47. The molecule has 0 atom stereocenters. The molecule has 0 aliphatic carbocycles. The van der Waals surface area contributed by atoms with Crippen molar-refractivity contribution in [3.8, 4) is 5.69 Å². The minimum atomic E-state index is -0.376. The van der Waals surface area contributed by atoms with Crippen LogP contribution in [0.5, 0.6) is 0 Å². The topological polar surface area (TPSA) is 64.4 Å². The first-order valence-electron chi connectivity index (χ1n) is 8.31.